The Bertz CT molecular complexity index is 541. The van der Waals surface area contributed by atoms with Gasteiger partial charge in [0, 0.05) is 0 Å². The molecule has 0 bridgehead atoms. The van der Waals surface area contributed by atoms with Crippen LogP contribution in [0.4, 0.5) is 0 Å². The lowest BCUT2D eigenvalue weighted by Crippen LogP contribution is -1.87. The van der Waals surface area contributed by atoms with E-state index in [0.29, 0.717) is 0 Å². The van der Waals surface area contributed by atoms with Crippen LogP contribution in [0, 0.1) is 0 Å². The molecule has 0 spiro atoms. The summed E-state index contributed by atoms with van der Waals surface area (Å²) in [6.07, 6.45) is 1.04. The minimum atomic E-state index is 0.0917. The molecular formula is C15H13Cl. The van der Waals surface area contributed by atoms with E-state index in [-0.39, 0.29) is 5.38 Å². The van der Waals surface area contributed by atoms with Crippen LogP contribution in [0.1, 0.15) is 29.0 Å². The molecule has 1 aliphatic carbocycles. The lowest BCUT2D eigenvalue weighted by atomic mass is 10.0. The van der Waals surface area contributed by atoms with Gasteiger partial charge in [-0.2, -0.15) is 0 Å². The molecule has 2 aromatic carbocycles. The lowest BCUT2D eigenvalue weighted by molar-refractivity contribution is 1.07. The third kappa shape index (κ3) is 1.45. The summed E-state index contributed by atoms with van der Waals surface area (Å²) >= 11 is 6.12. The van der Waals surface area contributed by atoms with Crippen molar-refractivity contribution >= 4 is 11.6 Å². The maximum atomic E-state index is 6.12. The molecule has 0 saturated heterocycles. The van der Waals surface area contributed by atoms with Gasteiger partial charge in [0.05, 0.1) is 5.38 Å². The fourth-order valence-corrected chi connectivity index (χ4v) is 2.55. The van der Waals surface area contributed by atoms with Gasteiger partial charge in [-0.1, -0.05) is 42.5 Å². The Morgan fingerprint density at radius 3 is 2.56 bits per heavy atom. The first-order chi connectivity index (χ1) is 7.75. The minimum Gasteiger partial charge on any atom is -0.118 e. The second-order valence-electron chi connectivity index (χ2n) is 4.37. The van der Waals surface area contributed by atoms with Crippen LogP contribution >= 0.6 is 11.6 Å². The first kappa shape index (κ1) is 9.92. The van der Waals surface area contributed by atoms with Crippen LogP contribution in [-0.2, 0) is 6.42 Å². The van der Waals surface area contributed by atoms with Crippen LogP contribution in [0.25, 0.3) is 11.1 Å². The predicted molar refractivity (Wildman–Crippen MR) is 69.0 cm³/mol. The second-order valence-corrected chi connectivity index (χ2v) is 5.02. The summed E-state index contributed by atoms with van der Waals surface area (Å²) in [5.41, 5.74) is 6.80. The number of rotatable bonds is 1. The zero-order valence-electron chi connectivity index (χ0n) is 9.20. The van der Waals surface area contributed by atoms with Crippen LogP contribution in [0.5, 0.6) is 0 Å². The van der Waals surface area contributed by atoms with Crippen molar-refractivity contribution < 1.29 is 0 Å². The smallest absolute Gasteiger partial charge is 0.0557 e. The third-order valence-corrected chi connectivity index (χ3v) is 3.53. The zero-order chi connectivity index (χ0) is 11.1. The topological polar surface area (TPSA) is 0 Å². The van der Waals surface area contributed by atoms with Crippen LogP contribution in [0.3, 0.4) is 0 Å². The van der Waals surface area contributed by atoms with Crippen molar-refractivity contribution in [3.63, 3.8) is 0 Å². The Morgan fingerprint density at radius 2 is 1.75 bits per heavy atom. The van der Waals surface area contributed by atoms with E-state index in [4.69, 9.17) is 11.6 Å². The van der Waals surface area contributed by atoms with Crippen molar-refractivity contribution in [3.8, 4) is 11.1 Å². The van der Waals surface area contributed by atoms with Crippen LogP contribution in [-0.4, -0.2) is 0 Å². The predicted octanol–water partition coefficient (Wildman–Crippen LogP) is 4.56. The maximum Gasteiger partial charge on any atom is 0.0557 e. The second kappa shape index (κ2) is 3.64. The molecule has 80 valence electrons. The molecule has 1 heteroatoms. The van der Waals surface area contributed by atoms with Gasteiger partial charge >= 0.3 is 0 Å². The number of hydrogen-bond donors (Lipinski definition) is 0. The van der Waals surface area contributed by atoms with Crippen molar-refractivity contribution in [3.05, 3.63) is 59.2 Å². The molecule has 0 heterocycles. The summed E-state index contributed by atoms with van der Waals surface area (Å²) in [5, 5.41) is 0.0917. The monoisotopic (exact) mass is 228 g/mol. The molecule has 1 atom stereocenters. The molecule has 0 N–H and O–H groups in total. The number of alkyl halides is 1. The fraction of sp³-hybridized carbons (Fsp3) is 0.200. The molecule has 16 heavy (non-hydrogen) atoms. The first-order valence-corrected chi connectivity index (χ1v) is 6.04. The fourth-order valence-electron chi connectivity index (χ4n) is 2.41. The Balaban J connectivity index is 2.14. The van der Waals surface area contributed by atoms with E-state index in [1.54, 1.807) is 0 Å². The average Bonchev–Trinajstić information content (AvgIpc) is 2.66. The number of hydrogen-bond acceptors (Lipinski definition) is 0. The molecule has 2 aromatic rings. The van der Waals surface area contributed by atoms with Gasteiger partial charge in [0.15, 0.2) is 0 Å². The molecule has 0 saturated carbocycles. The number of fused-ring (bicyclic) bond motifs is 3. The van der Waals surface area contributed by atoms with Gasteiger partial charge in [0.2, 0.25) is 0 Å². The van der Waals surface area contributed by atoms with Crippen molar-refractivity contribution in [1.82, 2.24) is 0 Å². The third-order valence-electron chi connectivity index (χ3n) is 3.28. The molecule has 3 rings (SSSR count). The van der Waals surface area contributed by atoms with Crippen LogP contribution in [0.2, 0.25) is 0 Å². The summed E-state index contributed by atoms with van der Waals surface area (Å²) in [5.74, 6) is 0. The van der Waals surface area contributed by atoms with Gasteiger partial charge in [-0.05, 0) is 41.2 Å². The van der Waals surface area contributed by atoms with Crippen LogP contribution in [0.15, 0.2) is 42.5 Å². The molecule has 0 radical (unpaired) electrons. The molecule has 1 aliphatic rings. The highest BCUT2D eigenvalue weighted by Crippen LogP contribution is 2.37. The average molecular weight is 229 g/mol. The lowest BCUT2D eigenvalue weighted by Gasteiger charge is -2.06. The first-order valence-electron chi connectivity index (χ1n) is 5.61. The summed E-state index contributed by atoms with van der Waals surface area (Å²) in [4.78, 5) is 0. The van der Waals surface area contributed by atoms with Gasteiger partial charge in [0.25, 0.3) is 0 Å². The molecule has 0 aromatic heterocycles. The van der Waals surface area contributed by atoms with Crippen LogP contribution < -0.4 is 0 Å². The molecule has 0 fully saturated rings. The van der Waals surface area contributed by atoms with Crippen molar-refractivity contribution in [2.45, 2.75) is 18.7 Å². The molecule has 0 unspecified atom stereocenters. The van der Waals surface area contributed by atoms with Gasteiger partial charge < -0.3 is 0 Å². The Kier molecular flexibility index (Phi) is 2.26. The highest BCUT2D eigenvalue weighted by molar-refractivity contribution is 6.20. The Morgan fingerprint density at radius 1 is 1.00 bits per heavy atom. The van der Waals surface area contributed by atoms with Gasteiger partial charge in [-0.25, -0.2) is 0 Å². The SMILES string of the molecule is C[C@@H](Cl)c1ccc2c(c1)Cc1ccccc1-2. The van der Waals surface area contributed by atoms with Gasteiger partial charge in [-0.15, -0.1) is 11.6 Å². The van der Waals surface area contributed by atoms with E-state index >= 15 is 0 Å². The number of halogens is 1. The highest BCUT2D eigenvalue weighted by Gasteiger charge is 2.18. The summed E-state index contributed by atoms with van der Waals surface area (Å²) in [6.45, 7) is 2.02. The van der Waals surface area contributed by atoms with Gasteiger partial charge in [-0.3, -0.25) is 0 Å². The number of benzene rings is 2. The van der Waals surface area contributed by atoms with Crippen molar-refractivity contribution in [2.24, 2.45) is 0 Å². The minimum absolute atomic E-state index is 0.0917. The normalized spacial score (nSPS) is 14.4. The van der Waals surface area contributed by atoms with E-state index in [0.717, 1.165) is 6.42 Å². The zero-order valence-corrected chi connectivity index (χ0v) is 9.96. The van der Waals surface area contributed by atoms with Crippen molar-refractivity contribution in [1.29, 1.82) is 0 Å². The molecule has 0 amide bonds. The Hall–Kier alpha value is -1.27. The standard InChI is InChI=1S/C15H13Cl/c1-10(16)11-6-7-15-13(8-11)9-12-4-2-3-5-14(12)15/h2-8,10H,9H2,1H3/t10-/m1/s1. The van der Waals surface area contributed by atoms with E-state index in [1.165, 1.54) is 27.8 Å². The Labute approximate surface area is 101 Å². The largest absolute Gasteiger partial charge is 0.118 e. The van der Waals surface area contributed by atoms with Gasteiger partial charge in [0.1, 0.15) is 0 Å². The van der Waals surface area contributed by atoms with E-state index in [1.807, 2.05) is 6.92 Å². The van der Waals surface area contributed by atoms with Crippen molar-refractivity contribution in [2.75, 3.05) is 0 Å². The summed E-state index contributed by atoms with van der Waals surface area (Å²) < 4.78 is 0. The highest BCUT2D eigenvalue weighted by atomic mass is 35.5. The van der Waals surface area contributed by atoms with E-state index in [2.05, 4.69) is 42.5 Å². The quantitative estimate of drug-likeness (QED) is 0.536. The summed E-state index contributed by atoms with van der Waals surface area (Å²) in [7, 11) is 0. The molecular weight excluding hydrogens is 216 g/mol. The van der Waals surface area contributed by atoms with E-state index in [9.17, 15) is 0 Å². The summed E-state index contributed by atoms with van der Waals surface area (Å²) in [6, 6.07) is 15.2. The molecule has 0 aliphatic heterocycles. The van der Waals surface area contributed by atoms with E-state index < -0.39 is 0 Å². The molecule has 0 nitrogen and oxygen atoms in total. The maximum absolute atomic E-state index is 6.12.